The molecule has 0 atom stereocenters. The highest BCUT2D eigenvalue weighted by molar-refractivity contribution is 6.08. The summed E-state index contributed by atoms with van der Waals surface area (Å²) in [6.45, 7) is 3.96. The summed E-state index contributed by atoms with van der Waals surface area (Å²) in [7, 11) is 0. The van der Waals surface area contributed by atoms with Gasteiger partial charge in [-0.3, -0.25) is 5.10 Å². The quantitative estimate of drug-likeness (QED) is 0.751. The van der Waals surface area contributed by atoms with Crippen LogP contribution in [0.5, 0.6) is 0 Å². The number of H-pyrrole nitrogens is 1. The number of nitriles is 1. The van der Waals surface area contributed by atoms with Crippen LogP contribution in [0, 0.1) is 18.3 Å². The number of esters is 1. The van der Waals surface area contributed by atoms with Gasteiger partial charge in [-0.1, -0.05) is 24.3 Å². The first kappa shape index (κ1) is 14.7. The first-order valence-electron chi connectivity index (χ1n) is 7.18. The van der Waals surface area contributed by atoms with Crippen LogP contribution in [0.1, 0.15) is 28.5 Å². The van der Waals surface area contributed by atoms with Crippen LogP contribution in [0.4, 0.5) is 0 Å². The average Bonchev–Trinajstić information content (AvgIpc) is 2.98. The molecule has 23 heavy (non-hydrogen) atoms. The zero-order chi connectivity index (χ0) is 16.4. The second-order valence-electron chi connectivity index (χ2n) is 5.00. The van der Waals surface area contributed by atoms with E-state index in [0.29, 0.717) is 22.3 Å². The minimum atomic E-state index is -0.493. The second kappa shape index (κ2) is 5.89. The number of fused-ring (bicyclic) bond motifs is 1. The average molecular weight is 306 g/mol. The minimum Gasteiger partial charge on any atom is -0.462 e. The van der Waals surface area contributed by atoms with Crippen molar-refractivity contribution in [1.82, 2.24) is 15.2 Å². The Hall–Kier alpha value is -3.20. The molecule has 0 bridgehead atoms. The van der Waals surface area contributed by atoms with Gasteiger partial charge in [-0.25, -0.2) is 9.78 Å². The number of aromatic nitrogens is 3. The van der Waals surface area contributed by atoms with Crippen LogP contribution in [0.3, 0.4) is 0 Å². The van der Waals surface area contributed by atoms with Gasteiger partial charge in [-0.2, -0.15) is 10.4 Å². The lowest BCUT2D eigenvalue weighted by atomic mass is 10.0. The van der Waals surface area contributed by atoms with E-state index in [-0.39, 0.29) is 12.3 Å². The lowest BCUT2D eigenvalue weighted by molar-refractivity contribution is 0.0528. The Kier molecular flexibility index (Phi) is 3.77. The Balaban J connectivity index is 2.32. The molecule has 3 aromatic rings. The van der Waals surface area contributed by atoms with E-state index in [1.807, 2.05) is 37.3 Å². The van der Waals surface area contributed by atoms with Crippen LogP contribution >= 0.6 is 0 Å². The number of aromatic amines is 1. The second-order valence-corrected chi connectivity index (χ2v) is 5.00. The number of hydrogen-bond acceptors (Lipinski definition) is 5. The molecule has 1 aromatic carbocycles. The predicted molar refractivity (Wildman–Crippen MR) is 84.7 cm³/mol. The number of hydrogen-bond donors (Lipinski definition) is 1. The fraction of sp³-hybridized carbons (Fsp3) is 0.176. The van der Waals surface area contributed by atoms with Gasteiger partial charge in [0.05, 0.1) is 23.3 Å². The Morgan fingerprint density at radius 3 is 2.87 bits per heavy atom. The van der Waals surface area contributed by atoms with Gasteiger partial charge in [0, 0.05) is 5.56 Å². The molecule has 0 aliphatic rings. The van der Waals surface area contributed by atoms with Crippen molar-refractivity contribution in [1.29, 1.82) is 5.26 Å². The molecule has 0 aliphatic carbocycles. The van der Waals surface area contributed by atoms with Gasteiger partial charge in [0.15, 0.2) is 5.65 Å². The number of benzene rings is 1. The van der Waals surface area contributed by atoms with Gasteiger partial charge in [0.1, 0.15) is 11.8 Å². The maximum atomic E-state index is 12.3. The van der Waals surface area contributed by atoms with E-state index in [4.69, 9.17) is 10.00 Å². The van der Waals surface area contributed by atoms with Crippen LogP contribution < -0.4 is 0 Å². The Morgan fingerprint density at radius 1 is 1.39 bits per heavy atom. The van der Waals surface area contributed by atoms with Gasteiger partial charge >= 0.3 is 5.97 Å². The summed E-state index contributed by atoms with van der Waals surface area (Å²) < 4.78 is 5.11. The molecule has 0 aliphatic heterocycles. The largest absolute Gasteiger partial charge is 0.462 e. The zero-order valence-corrected chi connectivity index (χ0v) is 12.8. The third kappa shape index (κ3) is 2.53. The number of nitrogens with zero attached hydrogens (tertiary/aromatic N) is 3. The number of pyridine rings is 1. The molecule has 6 heteroatoms. The molecule has 114 valence electrons. The van der Waals surface area contributed by atoms with Crippen LogP contribution in [-0.2, 0) is 4.74 Å². The van der Waals surface area contributed by atoms with E-state index >= 15 is 0 Å². The summed E-state index contributed by atoms with van der Waals surface area (Å²) >= 11 is 0. The van der Waals surface area contributed by atoms with Crippen molar-refractivity contribution in [2.75, 3.05) is 6.61 Å². The standard InChI is InChI=1S/C17H14N4O2/c1-3-23-17(22)13-8-11(9-18)19-16-14(13)15(20-21-16)12-7-5-4-6-10(12)2/h4-8H,3H2,1-2H3,(H,19,20,21). The van der Waals surface area contributed by atoms with E-state index in [1.165, 1.54) is 6.07 Å². The molecular weight excluding hydrogens is 292 g/mol. The first-order chi connectivity index (χ1) is 11.2. The molecule has 0 amide bonds. The van der Waals surface area contributed by atoms with Crippen molar-refractivity contribution in [3.05, 3.63) is 47.2 Å². The molecule has 0 spiro atoms. The number of rotatable bonds is 3. The molecule has 2 heterocycles. The summed E-state index contributed by atoms with van der Waals surface area (Å²) in [4.78, 5) is 16.5. The van der Waals surface area contributed by atoms with Crippen LogP contribution in [0.2, 0.25) is 0 Å². The van der Waals surface area contributed by atoms with Gasteiger partial charge in [-0.15, -0.1) is 0 Å². The van der Waals surface area contributed by atoms with Gasteiger partial charge in [-0.05, 0) is 25.5 Å². The van der Waals surface area contributed by atoms with Gasteiger partial charge < -0.3 is 4.74 Å². The van der Waals surface area contributed by atoms with E-state index in [9.17, 15) is 4.79 Å². The maximum Gasteiger partial charge on any atom is 0.339 e. The van der Waals surface area contributed by atoms with Crippen molar-refractivity contribution < 1.29 is 9.53 Å². The molecular formula is C17H14N4O2. The Morgan fingerprint density at radius 2 is 2.17 bits per heavy atom. The molecule has 0 fully saturated rings. The molecule has 1 N–H and O–H groups in total. The first-order valence-corrected chi connectivity index (χ1v) is 7.18. The Bertz CT molecular complexity index is 937. The summed E-state index contributed by atoms with van der Waals surface area (Å²) in [5.74, 6) is -0.493. The van der Waals surface area contributed by atoms with E-state index in [1.54, 1.807) is 6.92 Å². The maximum absolute atomic E-state index is 12.3. The fourth-order valence-electron chi connectivity index (χ4n) is 2.50. The van der Waals surface area contributed by atoms with Crippen molar-refractivity contribution in [3.8, 4) is 17.3 Å². The van der Waals surface area contributed by atoms with Crippen LogP contribution in [0.15, 0.2) is 30.3 Å². The highest BCUT2D eigenvalue weighted by atomic mass is 16.5. The highest BCUT2D eigenvalue weighted by Gasteiger charge is 2.21. The highest BCUT2D eigenvalue weighted by Crippen LogP contribution is 2.31. The summed E-state index contributed by atoms with van der Waals surface area (Å²) in [5, 5.41) is 16.7. The summed E-state index contributed by atoms with van der Waals surface area (Å²) in [5.41, 5.74) is 3.40. The van der Waals surface area contributed by atoms with E-state index < -0.39 is 5.97 Å². The lowest BCUT2D eigenvalue weighted by Crippen LogP contribution is -2.07. The van der Waals surface area contributed by atoms with Crippen molar-refractivity contribution >= 4 is 17.0 Å². The number of nitrogens with one attached hydrogen (secondary N) is 1. The van der Waals surface area contributed by atoms with Crippen LogP contribution in [-0.4, -0.2) is 27.8 Å². The molecule has 0 saturated heterocycles. The third-order valence-electron chi connectivity index (χ3n) is 3.55. The van der Waals surface area contributed by atoms with Gasteiger partial charge in [0.25, 0.3) is 0 Å². The molecule has 0 unspecified atom stereocenters. The Labute approximate surface area is 132 Å². The summed E-state index contributed by atoms with van der Waals surface area (Å²) in [6.07, 6.45) is 0. The van der Waals surface area contributed by atoms with Crippen molar-refractivity contribution in [2.24, 2.45) is 0 Å². The number of ether oxygens (including phenoxy) is 1. The van der Waals surface area contributed by atoms with Crippen molar-refractivity contribution in [3.63, 3.8) is 0 Å². The van der Waals surface area contributed by atoms with E-state index in [0.717, 1.165) is 11.1 Å². The SMILES string of the molecule is CCOC(=O)c1cc(C#N)nc2n[nH]c(-c3ccccc3C)c12. The fourth-order valence-corrected chi connectivity index (χ4v) is 2.50. The third-order valence-corrected chi connectivity index (χ3v) is 3.55. The van der Waals surface area contributed by atoms with Gasteiger partial charge in [0.2, 0.25) is 0 Å². The predicted octanol–water partition coefficient (Wildman–Crippen LogP) is 2.98. The molecule has 0 radical (unpaired) electrons. The van der Waals surface area contributed by atoms with Crippen LogP contribution in [0.25, 0.3) is 22.3 Å². The number of carbonyl (C=O) groups excluding carboxylic acids is 1. The smallest absolute Gasteiger partial charge is 0.339 e. The topological polar surface area (TPSA) is 91.7 Å². The molecule has 2 aromatic heterocycles. The normalized spacial score (nSPS) is 10.5. The monoisotopic (exact) mass is 306 g/mol. The number of aryl methyl sites for hydroxylation is 1. The number of carbonyl (C=O) groups is 1. The molecule has 6 nitrogen and oxygen atoms in total. The summed E-state index contributed by atoms with van der Waals surface area (Å²) in [6, 6.07) is 11.2. The van der Waals surface area contributed by atoms with Crippen molar-refractivity contribution in [2.45, 2.75) is 13.8 Å². The van der Waals surface area contributed by atoms with E-state index in [2.05, 4.69) is 15.2 Å². The minimum absolute atomic E-state index is 0.128. The molecule has 0 saturated carbocycles. The zero-order valence-electron chi connectivity index (χ0n) is 12.8. The lowest BCUT2D eigenvalue weighted by Gasteiger charge is -2.07. The molecule has 3 rings (SSSR count).